The van der Waals surface area contributed by atoms with Crippen molar-refractivity contribution in [3.8, 4) is 0 Å². The molecule has 0 unspecified atom stereocenters. The molecule has 0 aliphatic heterocycles. The number of nitrogens with zero attached hydrogens (tertiary/aromatic N) is 1. The minimum Gasteiger partial charge on any atom is -0.348 e. The topological polar surface area (TPSA) is 66.5 Å². The van der Waals surface area contributed by atoms with Crippen LogP contribution in [0.2, 0.25) is 0 Å². The van der Waals surface area contributed by atoms with Crippen molar-refractivity contribution in [2.45, 2.75) is 13.5 Å². The van der Waals surface area contributed by atoms with Gasteiger partial charge >= 0.3 is 0 Å². The van der Waals surface area contributed by atoms with Crippen molar-refractivity contribution in [3.05, 3.63) is 65.7 Å². The van der Waals surface area contributed by atoms with Crippen LogP contribution in [0.1, 0.15) is 22.8 Å². The first-order chi connectivity index (χ1) is 10.9. The summed E-state index contributed by atoms with van der Waals surface area (Å²) in [6.45, 7) is 2.01. The number of carbonyl (C=O) groups is 1. The summed E-state index contributed by atoms with van der Waals surface area (Å²) >= 11 is 0. The third kappa shape index (κ3) is 4.32. The minimum atomic E-state index is -3.35. The monoisotopic (exact) mass is 332 g/mol. The average Bonchev–Trinajstić information content (AvgIpc) is 2.60. The maximum atomic E-state index is 12.2. The van der Waals surface area contributed by atoms with Gasteiger partial charge in [0.2, 0.25) is 10.0 Å². The van der Waals surface area contributed by atoms with Crippen LogP contribution in [0.25, 0.3) is 0 Å². The van der Waals surface area contributed by atoms with Gasteiger partial charge in [-0.1, -0.05) is 36.4 Å². The van der Waals surface area contributed by atoms with E-state index in [0.29, 0.717) is 17.8 Å². The second kappa shape index (κ2) is 7.28. The normalized spacial score (nSPS) is 11.0. The number of rotatable bonds is 6. The van der Waals surface area contributed by atoms with Gasteiger partial charge in [-0.3, -0.25) is 9.10 Å². The van der Waals surface area contributed by atoms with Crippen molar-refractivity contribution < 1.29 is 13.2 Å². The lowest BCUT2D eigenvalue weighted by molar-refractivity contribution is 0.0951. The lowest BCUT2D eigenvalue weighted by Crippen LogP contribution is -2.28. The van der Waals surface area contributed by atoms with Crippen LogP contribution in [0.15, 0.2) is 54.6 Å². The highest BCUT2D eigenvalue weighted by Gasteiger charge is 2.17. The summed E-state index contributed by atoms with van der Waals surface area (Å²) < 4.78 is 25.0. The van der Waals surface area contributed by atoms with E-state index < -0.39 is 10.0 Å². The fourth-order valence-electron chi connectivity index (χ4n) is 2.08. The third-order valence-corrected chi connectivity index (χ3v) is 5.32. The predicted molar refractivity (Wildman–Crippen MR) is 91.9 cm³/mol. The molecule has 23 heavy (non-hydrogen) atoms. The third-order valence-electron chi connectivity index (χ3n) is 3.55. The highest BCUT2D eigenvalue weighted by molar-refractivity contribution is 7.92. The van der Waals surface area contributed by atoms with E-state index in [1.54, 1.807) is 31.2 Å². The largest absolute Gasteiger partial charge is 0.348 e. The fourth-order valence-corrected chi connectivity index (χ4v) is 2.90. The van der Waals surface area contributed by atoms with Crippen molar-refractivity contribution in [1.82, 2.24) is 5.32 Å². The van der Waals surface area contributed by atoms with E-state index in [9.17, 15) is 13.2 Å². The molecule has 0 fully saturated rings. The number of nitrogens with one attached hydrogen (secondary N) is 1. The van der Waals surface area contributed by atoms with Crippen LogP contribution in [-0.2, 0) is 16.6 Å². The molecule has 5 nitrogen and oxygen atoms in total. The van der Waals surface area contributed by atoms with Crippen molar-refractivity contribution in [3.63, 3.8) is 0 Å². The molecule has 0 spiro atoms. The molecule has 0 heterocycles. The summed E-state index contributed by atoms with van der Waals surface area (Å²) in [5.41, 5.74) is 1.90. The van der Waals surface area contributed by atoms with E-state index in [-0.39, 0.29) is 11.7 Å². The molecule has 2 rings (SSSR count). The second-order valence-corrected chi connectivity index (χ2v) is 7.38. The molecule has 1 N–H and O–H groups in total. The molecule has 0 radical (unpaired) electrons. The molecule has 1 amide bonds. The van der Waals surface area contributed by atoms with E-state index in [1.165, 1.54) is 11.4 Å². The highest BCUT2D eigenvalue weighted by atomic mass is 32.2. The molecule has 0 saturated carbocycles. The van der Waals surface area contributed by atoms with Crippen LogP contribution in [0.3, 0.4) is 0 Å². The summed E-state index contributed by atoms with van der Waals surface area (Å²) in [4.78, 5) is 12.2. The van der Waals surface area contributed by atoms with Crippen molar-refractivity contribution >= 4 is 21.6 Å². The molecule has 0 aliphatic rings. The lowest BCUT2D eigenvalue weighted by atomic mass is 10.1. The molecule has 2 aromatic rings. The van der Waals surface area contributed by atoms with Gasteiger partial charge < -0.3 is 5.32 Å². The first kappa shape index (κ1) is 17.0. The Hall–Kier alpha value is -2.34. The van der Waals surface area contributed by atoms with Gasteiger partial charge in [0.1, 0.15) is 0 Å². The Morgan fingerprint density at radius 2 is 1.78 bits per heavy atom. The van der Waals surface area contributed by atoms with Crippen LogP contribution in [0.4, 0.5) is 5.69 Å². The van der Waals surface area contributed by atoms with E-state index >= 15 is 0 Å². The Balaban J connectivity index is 2.11. The Labute approximate surface area is 137 Å². The number of sulfonamides is 1. The van der Waals surface area contributed by atoms with E-state index in [4.69, 9.17) is 0 Å². The molecular weight excluding hydrogens is 312 g/mol. The molecule has 0 aromatic heterocycles. The molecule has 6 heteroatoms. The number of hydrogen-bond donors (Lipinski definition) is 1. The van der Waals surface area contributed by atoms with Crippen LogP contribution in [-0.4, -0.2) is 27.1 Å². The molecule has 0 bridgehead atoms. The molecular formula is C17H20N2O3S. The number of carbonyl (C=O) groups excluding carboxylic acids is 1. The Morgan fingerprint density at radius 1 is 1.09 bits per heavy atom. The zero-order valence-electron chi connectivity index (χ0n) is 13.2. The maximum absolute atomic E-state index is 12.2. The quantitative estimate of drug-likeness (QED) is 0.883. The highest BCUT2D eigenvalue weighted by Crippen LogP contribution is 2.18. The second-order valence-electron chi connectivity index (χ2n) is 5.09. The lowest BCUT2D eigenvalue weighted by Gasteiger charge is -2.19. The van der Waals surface area contributed by atoms with Crippen molar-refractivity contribution in [2.24, 2.45) is 0 Å². The van der Waals surface area contributed by atoms with Gasteiger partial charge in [-0.05, 0) is 30.7 Å². The van der Waals surface area contributed by atoms with Crippen LogP contribution >= 0.6 is 0 Å². The zero-order valence-corrected chi connectivity index (χ0v) is 14.0. The van der Waals surface area contributed by atoms with Crippen LogP contribution in [0, 0.1) is 0 Å². The Bertz CT molecular complexity index is 773. The molecule has 0 saturated heterocycles. The van der Waals surface area contributed by atoms with Crippen LogP contribution in [0.5, 0.6) is 0 Å². The van der Waals surface area contributed by atoms with E-state index in [1.807, 2.05) is 30.3 Å². The van der Waals surface area contributed by atoms with Gasteiger partial charge in [-0.15, -0.1) is 0 Å². The van der Waals surface area contributed by atoms with Gasteiger partial charge in [0.15, 0.2) is 0 Å². The summed E-state index contributed by atoms with van der Waals surface area (Å²) in [5.74, 6) is -0.230. The molecule has 122 valence electrons. The number of hydrogen-bond acceptors (Lipinski definition) is 3. The minimum absolute atomic E-state index is 0.00787. The van der Waals surface area contributed by atoms with Gasteiger partial charge in [-0.2, -0.15) is 0 Å². The van der Waals surface area contributed by atoms with Gasteiger partial charge in [0, 0.05) is 19.2 Å². The standard InChI is InChI=1S/C17H20N2O3S/c1-3-23(21,22)19(2)16-11-7-10-15(12-16)17(20)18-13-14-8-5-4-6-9-14/h4-12H,3,13H2,1-2H3,(H,18,20). The van der Waals surface area contributed by atoms with E-state index in [0.717, 1.165) is 5.56 Å². The SMILES string of the molecule is CCS(=O)(=O)N(C)c1cccc(C(=O)NCc2ccccc2)c1. The van der Waals surface area contributed by atoms with Crippen molar-refractivity contribution in [2.75, 3.05) is 17.1 Å². The van der Waals surface area contributed by atoms with Gasteiger partial charge in [-0.25, -0.2) is 8.42 Å². The Kier molecular flexibility index (Phi) is 5.39. The molecule has 2 aromatic carbocycles. The predicted octanol–water partition coefficient (Wildman–Crippen LogP) is 2.40. The fraction of sp³-hybridized carbons (Fsp3) is 0.235. The first-order valence-electron chi connectivity index (χ1n) is 7.33. The first-order valence-corrected chi connectivity index (χ1v) is 8.93. The summed E-state index contributed by atoms with van der Waals surface area (Å²) in [5, 5.41) is 2.83. The Morgan fingerprint density at radius 3 is 2.43 bits per heavy atom. The summed E-state index contributed by atoms with van der Waals surface area (Å²) in [7, 11) is -1.86. The average molecular weight is 332 g/mol. The molecule has 0 atom stereocenters. The van der Waals surface area contributed by atoms with E-state index in [2.05, 4.69) is 5.32 Å². The molecule has 0 aliphatic carbocycles. The van der Waals surface area contributed by atoms with Crippen molar-refractivity contribution in [1.29, 1.82) is 0 Å². The zero-order chi connectivity index (χ0) is 16.9. The van der Waals surface area contributed by atoms with Crippen LogP contribution < -0.4 is 9.62 Å². The number of amides is 1. The number of anilines is 1. The maximum Gasteiger partial charge on any atom is 0.251 e. The summed E-state index contributed by atoms with van der Waals surface area (Å²) in [6, 6.07) is 16.2. The summed E-state index contributed by atoms with van der Waals surface area (Å²) in [6.07, 6.45) is 0. The van der Waals surface area contributed by atoms with Gasteiger partial charge in [0.25, 0.3) is 5.91 Å². The van der Waals surface area contributed by atoms with Gasteiger partial charge in [0.05, 0.1) is 11.4 Å². The smallest absolute Gasteiger partial charge is 0.251 e. The number of benzene rings is 2.